The molecule has 2 fully saturated rings. The number of rotatable bonds is 1. The molecule has 1 atom stereocenters. The van der Waals surface area contributed by atoms with Crippen molar-refractivity contribution in [2.45, 2.75) is 38.4 Å². The molecule has 0 amide bonds. The van der Waals surface area contributed by atoms with E-state index < -0.39 is 0 Å². The molecule has 0 aromatic heterocycles. The maximum Gasteiger partial charge on any atom is 0.171 e. The summed E-state index contributed by atoms with van der Waals surface area (Å²) in [6, 6.07) is 0. The van der Waals surface area contributed by atoms with Crippen LogP contribution in [0.25, 0.3) is 0 Å². The molecule has 1 saturated carbocycles. The van der Waals surface area contributed by atoms with Crippen molar-refractivity contribution in [2.75, 3.05) is 13.2 Å². The number of hydrogen-bond acceptors (Lipinski definition) is 2. The average molecular weight is 156 g/mol. The molecule has 0 N–H and O–H groups in total. The zero-order chi connectivity index (χ0) is 7.73. The highest BCUT2D eigenvalue weighted by molar-refractivity contribution is 4.87. The Morgan fingerprint density at radius 1 is 1.36 bits per heavy atom. The number of hydrogen-bond donors (Lipinski definition) is 0. The minimum absolute atomic E-state index is 0.144. The molecular weight excluding hydrogens is 140 g/mol. The Morgan fingerprint density at radius 3 is 2.73 bits per heavy atom. The molecule has 2 rings (SSSR count). The van der Waals surface area contributed by atoms with Crippen molar-refractivity contribution < 1.29 is 9.47 Å². The van der Waals surface area contributed by atoms with Gasteiger partial charge in [0.15, 0.2) is 5.79 Å². The van der Waals surface area contributed by atoms with Crippen LogP contribution in [0.3, 0.4) is 0 Å². The Hall–Kier alpha value is -0.0800. The Morgan fingerprint density at radius 2 is 2.09 bits per heavy atom. The van der Waals surface area contributed by atoms with Crippen LogP contribution in [0.2, 0.25) is 0 Å². The van der Waals surface area contributed by atoms with Crippen molar-refractivity contribution in [2.24, 2.45) is 5.92 Å². The zero-order valence-electron chi connectivity index (χ0n) is 7.14. The highest BCUT2D eigenvalue weighted by Gasteiger charge is 2.46. The van der Waals surface area contributed by atoms with E-state index in [9.17, 15) is 0 Å². The fraction of sp³-hybridized carbons (Fsp3) is 1.00. The van der Waals surface area contributed by atoms with Crippen molar-refractivity contribution in [1.82, 2.24) is 0 Å². The summed E-state index contributed by atoms with van der Waals surface area (Å²) in [4.78, 5) is 0. The molecular formula is C9H16O2. The molecule has 1 heterocycles. The molecule has 1 aliphatic heterocycles. The van der Waals surface area contributed by atoms with Crippen LogP contribution in [0.1, 0.15) is 32.6 Å². The maximum absolute atomic E-state index is 5.68. The zero-order valence-corrected chi connectivity index (χ0v) is 7.14. The summed E-state index contributed by atoms with van der Waals surface area (Å²) >= 11 is 0. The van der Waals surface area contributed by atoms with E-state index in [1.54, 1.807) is 0 Å². The van der Waals surface area contributed by atoms with E-state index >= 15 is 0 Å². The smallest absolute Gasteiger partial charge is 0.171 e. The van der Waals surface area contributed by atoms with E-state index in [0.29, 0.717) is 5.92 Å². The van der Waals surface area contributed by atoms with Crippen LogP contribution in [0.15, 0.2) is 0 Å². The van der Waals surface area contributed by atoms with Gasteiger partial charge in [-0.15, -0.1) is 0 Å². The average Bonchev–Trinajstić information content (AvgIpc) is 2.62. The van der Waals surface area contributed by atoms with Crippen LogP contribution in [-0.4, -0.2) is 19.0 Å². The molecule has 1 spiro atoms. The molecule has 2 heteroatoms. The van der Waals surface area contributed by atoms with Gasteiger partial charge in [0.2, 0.25) is 0 Å². The Labute approximate surface area is 67.9 Å². The van der Waals surface area contributed by atoms with Crippen molar-refractivity contribution in [1.29, 1.82) is 0 Å². The summed E-state index contributed by atoms with van der Waals surface area (Å²) in [5, 5.41) is 0. The van der Waals surface area contributed by atoms with Crippen LogP contribution < -0.4 is 0 Å². The highest BCUT2D eigenvalue weighted by Crippen LogP contribution is 2.43. The van der Waals surface area contributed by atoms with Gasteiger partial charge in [-0.2, -0.15) is 0 Å². The van der Waals surface area contributed by atoms with Gasteiger partial charge in [-0.25, -0.2) is 0 Å². The molecule has 2 nitrogen and oxygen atoms in total. The standard InChI is InChI=1S/C9H16O2/c1-2-8-4-3-5-9(8)10-6-7-11-9/h8H,2-7H2,1H3. The van der Waals surface area contributed by atoms with Gasteiger partial charge in [0, 0.05) is 12.3 Å². The van der Waals surface area contributed by atoms with E-state index in [2.05, 4.69) is 6.92 Å². The first-order valence-corrected chi connectivity index (χ1v) is 4.65. The van der Waals surface area contributed by atoms with Gasteiger partial charge in [-0.05, 0) is 19.3 Å². The first kappa shape index (κ1) is 7.56. The molecule has 2 aliphatic rings. The Bertz CT molecular complexity index is 133. The van der Waals surface area contributed by atoms with E-state index in [0.717, 1.165) is 19.6 Å². The van der Waals surface area contributed by atoms with Gasteiger partial charge in [-0.1, -0.05) is 6.92 Å². The minimum atomic E-state index is -0.144. The third-order valence-electron chi connectivity index (χ3n) is 2.97. The summed E-state index contributed by atoms with van der Waals surface area (Å²) in [7, 11) is 0. The van der Waals surface area contributed by atoms with Crippen LogP contribution in [-0.2, 0) is 9.47 Å². The first-order valence-electron chi connectivity index (χ1n) is 4.65. The van der Waals surface area contributed by atoms with Crippen LogP contribution in [0, 0.1) is 5.92 Å². The largest absolute Gasteiger partial charge is 0.347 e. The molecule has 1 unspecified atom stereocenters. The lowest BCUT2D eigenvalue weighted by Crippen LogP contribution is -2.33. The lowest BCUT2D eigenvalue weighted by atomic mass is 10.00. The second-order valence-electron chi connectivity index (χ2n) is 3.51. The molecule has 0 radical (unpaired) electrons. The van der Waals surface area contributed by atoms with Gasteiger partial charge in [0.25, 0.3) is 0 Å². The monoisotopic (exact) mass is 156 g/mol. The molecule has 11 heavy (non-hydrogen) atoms. The SMILES string of the molecule is CCC1CCCC12OCCO2. The normalized spacial score (nSPS) is 35.2. The van der Waals surface area contributed by atoms with Crippen LogP contribution >= 0.6 is 0 Å². The van der Waals surface area contributed by atoms with Crippen LogP contribution in [0.4, 0.5) is 0 Å². The molecule has 0 aromatic rings. The predicted octanol–water partition coefficient (Wildman–Crippen LogP) is 1.94. The second-order valence-corrected chi connectivity index (χ2v) is 3.51. The quantitative estimate of drug-likeness (QED) is 0.577. The first-order chi connectivity index (χ1) is 5.37. The van der Waals surface area contributed by atoms with Gasteiger partial charge >= 0.3 is 0 Å². The van der Waals surface area contributed by atoms with Crippen molar-refractivity contribution >= 4 is 0 Å². The topological polar surface area (TPSA) is 18.5 Å². The third kappa shape index (κ3) is 1.09. The van der Waals surface area contributed by atoms with Crippen molar-refractivity contribution in [3.63, 3.8) is 0 Å². The summed E-state index contributed by atoms with van der Waals surface area (Å²) < 4.78 is 11.4. The van der Waals surface area contributed by atoms with Gasteiger partial charge < -0.3 is 9.47 Å². The summed E-state index contributed by atoms with van der Waals surface area (Å²) in [5.41, 5.74) is 0. The summed E-state index contributed by atoms with van der Waals surface area (Å²) in [5.74, 6) is 0.513. The number of ether oxygens (including phenoxy) is 2. The molecule has 0 bridgehead atoms. The fourth-order valence-corrected chi connectivity index (χ4v) is 2.38. The fourth-order valence-electron chi connectivity index (χ4n) is 2.38. The third-order valence-corrected chi connectivity index (χ3v) is 2.97. The molecule has 0 aromatic carbocycles. The van der Waals surface area contributed by atoms with E-state index in [1.165, 1.54) is 19.3 Å². The molecule has 1 saturated heterocycles. The summed E-state index contributed by atoms with van der Waals surface area (Å²) in [6.07, 6.45) is 4.88. The van der Waals surface area contributed by atoms with Gasteiger partial charge in [-0.3, -0.25) is 0 Å². The Kier molecular flexibility index (Phi) is 1.90. The Balaban J connectivity index is 2.09. The highest BCUT2D eigenvalue weighted by atomic mass is 16.7. The van der Waals surface area contributed by atoms with E-state index in [1.807, 2.05) is 0 Å². The lowest BCUT2D eigenvalue weighted by molar-refractivity contribution is -0.181. The van der Waals surface area contributed by atoms with E-state index in [-0.39, 0.29) is 5.79 Å². The van der Waals surface area contributed by atoms with Gasteiger partial charge in [0.1, 0.15) is 0 Å². The van der Waals surface area contributed by atoms with Crippen molar-refractivity contribution in [3.8, 4) is 0 Å². The van der Waals surface area contributed by atoms with Crippen LogP contribution in [0.5, 0.6) is 0 Å². The molecule has 64 valence electrons. The second kappa shape index (κ2) is 2.76. The summed E-state index contributed by atoms with van der Waals surface area (Å²) in [6.45, 7) is 3.83. The maximum atomic E-state index is 5.68. The minimum Gasteiger partial charge on any atom is -0.347 e. The lowest BCUT2D eigenvalue weighted by Gasteiger charge is -2.28. The molecule has 1 aliphatic carbocycles. The van der Waals surface area contributed by atoms with Crippen molar-refractivity contribution in [3.05, 3.63) is 0 Å². The van der Waals surface area contributed by atoms with E-state index in [4.69, 9.17) is 9.47 Å². The van der Waals surface area contributed by atoms with Gasteiger partial charge in [0.05, 0.1) is 13.2 Å². The predicted molar refractivity (Wildman–Crippen MR) is 42.3 cm³/mol.